The van der Waals surface area contributed by atoms with Crippen molar-refractivity contribution < 1.29 is 28.2 Å². The molecule has 1 amide bonds. The quantitative estimate of drug-likeness (QED) is 0.362. The van der Waals surface area contributed by atoms with Crippen molar-refractivity contribution in [3.8, 4) is 0 Å². The number of hydrazone groups is 1. The zero-order valence-corrected chi connectivity index (χ0v) is 22.1. The molecule has 2 aliphatic heterocycles. The number of anilines is 1. The van der Waals surface area contributed by atoms with Crippen LogP contribution in [0.25, 0.3) is 0 Å². The Hall–Kier alpha value is -3.31. The predicted molar refractivity (Wildman–Crippen MR) is 141 cm³/mol. The fourth-order valence-corrected chi connectivity index (χ4v) is 4.59. The highest BCUT2D eigenvalue weighted by molar-refractivity contribution is 6.37. The summed E-state index contributed by atoms with van der Waals surface area (Å²) in [6, 6.07) is 11.7. The van der Waals surface area contributed by atoms with E-state index < -0.39 is 17.7 Å². The van der Waals surface area contributed by atoms with E-state index in [1.54, 1.807) is 0 Å². The third kappa shape index (κ3) is 6.57. The lowest BCUT2D eigenvalue weighted by Crippen LogP contribution is -2.36. The van der Waals surface area contributed by atoms with Gasteiger partial charge in [0, 0.05) is 33.3 Å². The minimum atomic E-state index is -0.561. The van der Waals surface area contributed by atoms with E-state index in [2.05, 4.69) is 21.4 Å². The van der Waals surface area contributed by atoms with Crippen molar-refractivity contribution in [3.63, 3.8) is 0 Å². The van der Waals surface area contributed by atoms with Crippen molar-refractivity contribution in [3.05, 3.63) is 75.7 Å². The lowest BCUT2D eigenvalue weighted by atomic mass is 10.0. The molecule has 2 aromatic rings. The predicted octanol–water partition coefficient (Wildman–Crippen LogP) is 3.27. The summed E-state index contributed by atoms with van der Waals surface area (Å²) in [4.78, 5) is 28.1. The van der Waals surface area contributed by atoms with Gasteiger partial charge < -0.3 is 19.5 Å². The summed E-state index contributed by atoms with van der Waals surface area (Å²) in [6.07, 6.45) is -0.241. The van der Waals surface area contributed by atoms with E-state index in [0.29, 0.717) is 25.5 Å². The van der Waals surface area contributed by atoms with Crippen LogP contribution in [0, 0.1) is 5.82 Å². The van der Waals surface area contributed by atoms with Gasteiger partial charge in [-0.05, 0) is 29.3 Å². The van der Waals surface area contributed by atoms with Crippen LogP contribution in [-0.4, -0.2) is 69.6 Å². The zero-order chi connectivity index (χ0) is 27.1. The van der Waals surface area contributed by atoms with Crippen LogP contribution in [0.1, 0.15) is 17.5 Å². The maximum Gasteiger partial charge on any atom is 0.311 e. The first-order valence-electron chi connectivity index (χ1n) is 12.2. The van der Waals surface area contributed by atoms with Crippen LogP contribution in [0.15, 0.2) is 58.8 Å². The molecule has 1 saturated heterocycles. The standard InChI is InChI=1S/C27H30ClFN4O5/c1-36-17-23(30-15-18-5-3-4-6-19(18)16-32-9-11-38-12-10-32)26-22(14-25(34)37-2)31-33(27(26)35)24-8-7-20(29)13-21(24)28/h3-8,13,30H,9-12,14-17H2,1-2H3. The number of ether oxygens (including phenoxy) is 3. The van der Waals surface area contributed by atoms with E-state index in [4.69, 9.17) is 25.8 Å². The fraction of sp³-hybridized carbons (Fsp3) is 0.370. The van der Waals surface area contributed by atoms with Crippen LogP contribution in [0.5, 0.6) is 0 Å². The third-order valence-electron chi connectivity index (χ3n) is 6.29. The number of hydrogen-bond acceptors (Lipinski definition) is 8. The number of amides is 1. The number of rotatable bonds is 10. The van der Waals surface area contributed by atoms with Crippen LogP contribution in [-0.2, 0) is 36.9 Å². The average Bonchev–Trinajstić information content (AvgIpc) is 3.22. The number of methoxy groups -OCH3 is 2. The molecule has 0 unspecified atom stereocenters. The Labute approximate surface area is 225 Å². The normalized spacial score (nSPS) is 17.4. The molecule has 0 aromatic heterocycles. The van der Waals surface area contributed by atoms with E-state index in [1.807, 2.05) is 18.2 Å². The molecule has 38 heavy (non-hydrogen) atoms. The van der Waals surface area contributed by atoms with Gasteiger partial charge >= 0.3 is 5.97 Å². The molecule has 1 N–H and O–H groups in total. The number of carbonyl (C=O) groups is 2. The monoisotopic (exact) mass is 544 g/mol. The van der Waals surface area contributed by atoms with Crippen molar-refractivity contribution in [2.24, 2.45) is 5.10 Å². The highest BCUT2D eigenvalue weighted by atomic mass is 35.5. The number of hydrogen-bond donors (Lipinski definition) is 1. The molecule has 1 fully saturated rings. The molecule has 9 nitrogen and oxygen atoms in total. The minimum absolute atomic E-state index is 0.0130. The maximum atomic E-state index is 13.6. The number of morpholine rings is 1. The molecule has 0 radical (unpaired) electrons. The van der Waals surface area contributed by atoms with Gasteiger partial charge in [-0.15, -0.1) is 0 Å². The SMILES string of the molecule is COCC(NCc1ccccc1CN1CCOCC1)=C1C(=O)N(c2ccc(F)cc2Cl)N=C1CC(=O)OC. The number of esters is 1. The molecule has 0 aliphatic carbocycles. The smallest absolute Gasteiger partial charge is 0.311 e. The van der Waals surface area contributed by atoms with Crippen molar-refractivity contribution in [2.45, 2.75) is 19.5 Å². The molecule has 2 aromatic carbocycles. The molecular weight excluding hydrogens is 515 g/mol. The lowest BCUT2D eigenvalue weighted by Gasteiger charge is -2.27. The van der Waals surface area contributed by atoms with Gasteiger partial charge in [-0.3, -0.25) is 14.5 Å². The van der Waals surface area contributed by atoms with Gasteiger partial charge in [-0.2, -0.15) is 10.1 Å². The Morgan fingerprint density at radius 1 is 1.16 bits per heavy atom. The molecule has 0 bridgehead atoms. The number of nitrogens with one attached hydrogen (secondary N) is 1. The van der Waals surface area contributed by atoms with E-state index in [0.717, 1.165) is 41.8 Å². The zero-order valence-electron chi connectivity index (χ0n) is 21.3. The molecule has 0 atom stereocenters. The third-order valence-corrected chi connectivity index (χ3v) is 6.59. The first kappa shape index (κ1) is 27.7. The molecule has 2 heterocycles. The molecule has 4 rings (SSSR count). The fourth-order valence-electron chi connectivity index (χ4n) is 4.34. The highest BCUT2D eigenvalue weighted by Gasteiger charge is 2.36. The first-order valence-corrected chi connectivity index (χ1v) is 12.6. The maximum absolute atomic E-state index is 13.6. The summed E-state index contributed by atoms with van der Waals surface area (Å²) in [5.41, 5.74) is 3.25. The van der Waals surface area contributed by atoms with E-state index in [1.165, 1.54) is 26.4 Å². The summed E-state index contributed by atoms with van der Waals surface area (Å²) in [5.74, 6) is -1.62. The van der Waals surface area contributed by atoms with E-state index in [-0.39, 0.29) is 35.0 Å². The number of benzene rings is 2. The Balaban J connectivity index is 1.64. The summed E-state index contributed by atoms with van der Waals surface area (Å²) in [5, 5.41) is 8.80. The average molecular weight is 545 g/mol. The van der Waals surface area contributed by atoms with Gasteiger partial charge in [0.15, 0.2) is 0 Å². The van der Waals surface area contributed by atoms with Crippen LogP contribution in [0.4, 0.5) is 10.1 Å². The van der Waals surface area contributed by atoms with Gasteiger partial charge in [-0.1, -0.05) is 35.9 Å². The summed E-state index contributed by atoms with van der Waals surface area (Å²) >= 11 is 6.22. The van der Waals surface area contributed by atoms with Crippen molar-refractivity contribution >= 4 is 34.9 Å². The molecule has 2 aliphatic rings. The lowest BCUT2D eigenvalue weighted by molar-refractivity contribution is -0.139. The van der Waals surface area contributed by atoms with Crippen molar-refractivity contribution in [2.75, 3.05) is 52.1 Å². The minimum Gasteiger partial charge on any atom is -0.469 e. The summed E-state index contributed by atoms with van der Waals surface area (Å²) < 4.78 is 29.3. The highest BCUT2D eigenvalue weighted by Crippen LogP contribution is 2.32. The Morgan fingerprint density at radius 3 is 2.58 bits per heavy atom. The number of nitrogens with zero attached hydrogens (tertiary/aromatic N) is 3. The Morgan fingerprint density at radius 2 is 1.89 bits per heavy atom. The van der Waals surface area contributed by atoms with Crippen LogP contribution >= 0.6 is 11.6 Å². The summed E-state index contributed by atoms with van der Waals surface area (Å²) in [6.45, 7) is 4.42. The van der Waals surface area contributed by atoms with E-state index >= 15 is 0 Å². The first-order chi connectivity index (χ1) is 18.4. The van der Waals surface area contributed by atoms with Crippen LogP contribution in [0.3, 0.4) is 0 Å². The molecule has 11 heteroatoms. The molecule has 202 valence electrons. The molecule has 0 saturated carbocycles. The van der Waals surface area contributed by atoms with Gasteiger partial charge in [0.1, 0.15) is 5.82 Å². The van der Waals surface area contributed by atoms with Crippen molar-refractivity contribution in [1.29, 1.82) is 0 Å². The number of carbonyl (C=O) groups excluding carboxylic acids is 2. The second kappa shape index (κ2) is 13.0. The Kier molecular flexibility index (Phi) is 9.46. The molecular formula is C27H30ClFN4O5. The van der Waals surface area contributed by atoms with Gasteiger partial charge in [0.2, 0.25) is 0 Å². The van der Waals surface area contributed by atoms with Gasteiger partial charge in [0.25, 0.3) is 5.91 Å². The topological polar surface area (TPSA) is 92.7 Å². The second-order valence-electron chi connectivity index (χ2n) is 8.81. The summed E-state index contributed by atoms with van der Waals surface area (Å²) in [7, 11) is 2.77. The largest absolute Gasteiger partial charge is 0.469 e. The van der Waals surface area contributed by atoms with Crippen LogP contribution < -0.4 is 10.3 Å². The van der Waals surface area contributed by atoms with Gasteiger partial charge in [0.05, 0.1) is 61.0 Å². The van der Waals surface area contributed by atoms with Crippen LogP contribution in [0.2, 0.25) is 5.02 Å². The van der Waals surface area contributed by atoms with E-state index in [9.17, 15) is 14.0 Å². The molecule has 0 spiro atoms. The van der Waals surface area contributed by atoms with Crippen molar-refractivity contribution in [1.82, 2.24) is 10.2 Å². The second-order valence-corrected chi connectivity index (χ2v) is 9.22. The Bertz CT molecular complexity index is 1250. The number of halogens is 2. The van der Waals surface area contributed by atoms with Gasteiger partial charge in [-0.25, -0.2) is 4.39 Å².